The predicted molar refractivity (Wildman–Crippen MR) is 113 cm³/mol. The van der Waals surface area contributed by atoms with Gasteiger partial charge in [0.15, 0.2) is 0 Å². The summed E-state index contributed by atoms with van der Waals surface area (Å²) in [6.45, 7) is 0. The van der Waals surface area contributed by atoms with Gasteiger partial charge in [0.25, 0.3) is 0 Å². The van der Waals surface area contributed by atoms with Crippen molar-refractivity contribution in [3.63, 3.8) is 0 Å². The van der Waals surface area contributed by atoms with E-state index in [1.54, 1.807) is 24.3 Å². The highest BCUT2D eigenvalue weighted by molar-refractivity contribution is 9.10. The topological polar surface area (TPSA) is 147 Å². The number of hydrogen-bond donors (Lipinski definition) is 2. The molecule has 2 aromatic carbocycles. The minimum Gasteiger partial charge on any atom is -0.612 e. The Bertz CT molecular complexity index is 1080. The largest absolute Gasteiger partial charge is 0.612 e. The molecule has 3 rings (SSSR count). The van der Waals surface area contributed by atoms with Crippen molar-refractivity contribution in [3.05, 3.63) is 74.5 Å². The number of amides is 1. The lowest BCUT2D eigenvalue weighted by atomic mass is 10.0. The van der Waals surface area contributed by atoms with E-state index in [9.17, 15) is 33.5 Å². The molecular formula is C18H16BrN2O7S2-. The molecule has 1 aliphatic rings. The highest BCUT2D eigenvalue weighted by Crippen LogP contribution is 2.48. The monoisotopic (exact) mass is 515 g/mol. The van der Waals surface area contributed by atoms with Crippen LogP contribution in [0, 0.1) is 10.4 Å². The number of carboxylic acids is 1. The molecule has 1 fully saturated rings. The molecule has 0 aliphatic carbocycles. The van der Waals surface area contributed by atoms with Gasteiger partial charge in [-0.1, -0.05) is 46.3 Å². The molecule has 1 aliphatic heterocycles. The Labute approximate surface area is 185 Å². The molecule has 2 N–H and O–H groups in total. The van der Waals surface area contributed by atoms with Crippen LogP contribution in [0.2, 0.25) is 0 Å². The zero-order valence-corrected chi connectivity index (χ0v) is 18.4. The Morgan fingerprint density at radius 1 is 1.27 bits per heavy atom. The van der Waals surface area contributed by atoms with Gasteiger partial charge in [-0.2, -0.15) is 4.72 Å². The van der Waals surface area contributed by atoms with Crippen LogP contribution in [-0.4, -0.2) is 35.7 Å². The van der Waals surface area contributed by atoms with Gasteiger partial charge < -0.3 is 15.5 Å². The molecule has 0 bridgehead atoms. The van der Waals surface area contributed by atoms with Gasteiger partial charge in [-0.05, 0) is 35.7 Å². The van der Waals surface area contributed by atoms with E-state index in [-0.39, 0.29) is 17.7 Å². The van der Waals surface area contributed by atoms with Crippen LogP contribution in [-0.2, 0) is 26.0 Å². The van der Waals surface area contributed by atoms with E-state index in [1.165, 1.54) is 24.3 Å². The van der Waals surface area contributed by atoms with Crippen LogP contribution in [0.25, 0.3) is 0 Å². The number of benzene rings is 2. The summed E-state index contributed by atoms with van der Waals surface area (Å²) in [5.41, 5.74) is 1.06. The van der Waals surface area contributed by atoms with E-state index in [2.05, 4.69) is 20.7 Å². The molecule has 2 atom stereocenters. The number of quaternary nitrogens is 1. The van der Waals surface area contributed by atoms with Crippen LogP contribution < -0.4 is 4.72 Å². The molecule has 9 nitrogen and oxygen atoms in total. The fraction of sp³-hybridized carbons (Fsp3) is 0.222. The smallest absolute Gasteiger partial charge is 0.326 e. The van der Waals surface area contributed by atoms with Crippen LogP contribution in [0.1, 0.15) is 22.8 Å². The number of carboxylic acid groups (broad SMARTS) is 1. The number of aliphatic carboxylic acids is 1. The van der Waals surface area contributed by atoms with E-state index >= 15 is 0 Å². The van der Waals surface area contributed by atoms with E-state index in [0.29, 0.717) is 27.5 Å². The standard InChI is InChI=1S/C18H16BrN2O7S2/c19-14-8-11(6-7-13(14)16-10-17(22)21(25,26)29-16)9-15(18(23)24)20-30(27,28)12-4-2-1-3-5-12/h1-8,15-16,20H,9-10H2,(H,23,24)/q-1/t15-,16?/m0/s1. The molecule has 1 amide bonds. The Morgan fingerprint density at radius 3 is 2.47 bits per heavy atom. The van der Waals surface area contributed by atoms with E-state index < -0.39 is 37.4 Å². The first-order valence-corrected chi connectivity index (χ1v) is 11.7. The number of nitrogens with zero attached hydrogens (tertiary/aromatic N) is 1. The van der Waals surface area contributed by atoms with Crippen molar-refractivity contribution in [1.29, 1.82) is 0 Å². The average Bonchev–Trinajstić information content (AvgIpc) is 2.94. The first-order valence-electron chi connectivity index (χ1n) is 8.61. The second-order valence-corrected chi connectivity index (χ2v) is 10.4. The van der Waals surface area contributed by atoms with Gasteiger partial charge in [0, 0.05) is 4.47 Å². The van der Waals surface area contributed by atoms with Gasteiger partial charge >= 0.3 is 11.9 Å². The SMILES string of the molecule is O=C(O)[C@H](Cc1ccc(C2CC(=O)[N+]([O-])([O-])S2)c(Br)c1)NS(=O)(=O)c1ccccc1. The number of nitrogens with one attached hydrogen (secondary N) is 1. The summed E-state index contributed by atoms with van der Waals surface area (Å²) in [6.07, 6.45) is -0.343. The molecule has 12 heteroatoms. The number of rotatable bonds is 7. The van der Waals surface area contributed by atoms with Crippen LogP contribution in [0.5, 0.6) is 0 Å². The first-order chi connectivity index (χ1) is 14.0. The molecule has 160 valence electrons. The maximum atomic E-state index is 12.4. The molecule has 2 aromatic rings. The van der Waals surface area contributed by atoms with Crippen molar-refractivity contribution in [2.45, 2.75) is 29.0 Å². The number of halogens is 1. The second kappa shape index (κ2) is 8.75. The lowest BCUT2D eigenvalue weighted by Gasteiger charge is -2.36. The predicted octanol–water partition coefficient (Wildman–Crippen LogP) is 2.86. The van der Waals surface area contributed by atoms with E-state index in [1.807, 2.05) is 0 Å². The molecule has 0 saturated carbocycles. The van der Waals surface area contributed by atoms with Crippen molar-refractivity contribution in [3.8, 4) is 0 Å². The molecule has 1 unspecified atom stereocenters. The minimum absolute atomic E-state index is 0.0486. The number of hydrogen-bond acceptors (Lipinski definition) is 7. The quantitative estimate of drug-likeness (QED) is 0.325. The summed E-state index contributed by atoms with van der Waals surface area (Å²) in [5.74, 6) is -2.31. The van der Waals surface area contributed by atoms with Gasteiger partial charge in [0.05, 0.1) is 28.5 Å². The third kappa shape index (κ3) is 5.09. The minimum atomic E-state index is -4.03. The molecule has 1 heterocycles. The lowest BCUT2D eigenvalue weighted by molar-refractivity contribution is -0.593. The normalized spacial score (nSPS) is 19.6. The highest BCUT2D eigenvalue weighted by atomic mass is 79.9. The van der Waals surface area contributed by atoms with Crippen molar-refractivity contribution in [2.75, 3.05) is 0 Å². The van der Waals surface area contributed by atoms with Gasteiger partial charge in [-0.15, -0.1) is 0 Å². The summed E-state index contributed by atoms with van der Waals surface area (Å²) in [7, 11) is -4.03. The summed E-state index contributed by atoms with van der Waals surface area (Å²) in [6, 6.07) is 10.7. The van der Waals surface area contributed by atoms with Crippen LogP contribution in [0.15, 0.2) is 57.9 Å². The molecular weight excluding hydrogens is 500 g/mol. The summed E-state index contributed by atoms with van der Waals surface area (Å²) in [5, 5.41) is 31.9. The van der Waals surface area contributed by atoms with Crippen molar-refractivity contribution < 1.29 is 27.3 Å². The fourth-order valence-corrected chi connectivity index (χ4v) is 6.06. The van der Waals surface area contributed by atoms with Crippen molar-refractivity contribution in [1.82, 2.24) is 4.72 Å². The Kier molecular flexibility index (Phi) is 6.67. The molecule has 0 radical (unpaired) electrons. The second-order valence-electron chi connectivity index (χ2n) is 6.57. The summed E-state index contributed by atoms with van der Waals surface area (Å²) in [4.78, 5) is 23.1. The van der Waals surface area contributed by atoms with Gasteiger partial charge in [-0.3, -0.25) is 9.01 Å². The zero-order chi connectivity index (χ0) is 22.1. The maximum absolute atomic E-state index is 12.4. The van der Waals surface area contributed by atoms with Gasteiger partial charge in [-0.25, -0.2) is 13.2 Å². The van der Waals surface area contributed by atoms with Crippen LogP contribution in [0.4, 0.5) is 0 Å². The Hall–Kier alpha value is -1.80. The summed E-state index contributed by atoms with van der Waals surface area (Å²) >= 11 is 3.75. The Balaban J connectivity index is 1.78. The molecule has 0 spiro atoms. The highest BCUT2D eigenvalue weighted by Gasteiger charge is 2.39. The van der Waals surface area contributed by atoms with Crippen molar-refractivity contribution in [2.24, 2.45) is 0 Å². The first kappa shape index (κ1) is 22.9. The van der Waals surface area contributed by atoms with Gasteiger partial charge in [0.2, 0.25) is 10.0 Å². The number of hydroxylamine groups is 2. The van der Waals surface area contributed by atoms with Crippen LogP contribution >= 0.6 is 27.9 Å². The average molecular weight is 516 g/mol. The third-order valence-electron chi connectivity index (χ3n) is 4.43. The Morgan fingerprint density at radius 2 is 1.93 bits per heavy atom. The number of carbonyl (C=O) groups excluding carboxylic acids is 1. The molecule has 30 heavy (non-hydrogen) atoms. The third-order valence-corrected chi connectivity index (χ3v) is 7.76. The fourth-order valence-electron chi connectivity index (χ4n) is 2.93. The maximum Gasteiger partial charge on any atom is 0.326 e. The zero-order valence-electron chi connectivity index (χ0n) is 15.2. The van der Waals surface area contributed by atoms with Gasteiger partial charge in [0.1, 0.15) is 6.04 Å². The van der Waals surface area contributed by atoms with E-state index in [4.69, 9.17) is 0 Å². The number of carbonyl (C=O) groups is 2. The summed E-state index contributed by atoms with van der Waals surface area (Å²) < 4.78 is 25.3. The van der Waals surface area contributed by atoms with Crippen LogP contribution in [0.3, 0.4) is 0 Å². The molecule has 0 aromatic heterocycles. The number of sulfonamides is 1. The van der Waals surface area contributed by atoms with Crippen molar-refractivity contribution >= 4 is 49.8 Å². The molecule has 1 saturated heterocycles. The lowest BCUT2D eigenvalue weighted by Crippen LogP contribution is -2.42. The van der Waals surface area contributed by atoms with E-state index in [0.717, 1.165) is 0 Å².